The second-order valence-electron chi connectivity index (χ2n) is 3.77. The summed E-state index contributed by atoms with van der Waals surface area (Å²) in [7, 11) is 0. The number of nitrogens with zero attached hydrogens (tertiary/aromatic N) is 2. The van der Waals surface area contributed by atoms with Crippen LogP contribution in [0.4, 0.5) is 0 Å². The van der Waals surface area contributed by atoms with Crippen LogP contribution >= 0.6 is 36.2 Å². The molecule has 2 rings (SSSR count). The van der Waals surface area contributed by atoms with Crippen molar-refractivity contribution in [1.82, 2.24) is 9.88 Å². The van der Waals surface area contributed by atoms with Gasteiger partial charge in [-0.05, 0) is 25.9 Å². The predicted molar refractivity (Wildman–Crippen MR) is 72.7 cm³/mol. The maximum Gasteiger partial charge on any atom is 0.355 e. The molecule has 0 aliphatic carbocycles. The zero-order valence-electron chi connectivity index (χ0n) is 9.29. The Morgan fingerprint density at radius 1 is 1.35 bits per heavy atom. The van der Waals surface area contributed by atoms with Gasteiger partial charge in [0, 0.05) is 5.38 Å². The standard InChI is InChI=1S/C10H14N2O2S.2ClH/c13-10(14)8-7-15-9(11-8)6-12-4-2-1-3-5-12;;/h7H,1-6H2,(H,13,14);2*1H. The van der Waals surface area contributed by atoms with Crippen LogP contribution in [0.2, 0.25) is 0 Å². The second-order valence-corrected chi connectivity index (χ2v) is 4.71. The first-order chi connectivity index (χ1) is 7.25. The van der Waals surface area contributed by atoms with Gasteiger partial charge in [0.25, 0.3) is 0 Å². The highest BCUT2D eigenvalue weighted by molar-refractivity contribution is 7.09. The number of carboxylic acid groups (broad SMARTS) is 1. The molecular formula is C10H16Cl2N2O2S. The minimum Gasteiger partial charge on any atom is -0.476 e. The van der Waals surface area contributed by atoms with E-state index >= 15 is 0 Å². The van der Waals surface area contributed by atoms with Gasteiger partial charge in [-0.15, -0.1) is 36.2 Å². The Hall–Kier alpha value is -0.360. The first-order valence-corrected chi connectivity index (χ1v) is 6.04. The molecule has 0 atom stereocenters. The Balaban J connectivity index is 0.00000128. The van der Waals surface area contributed by atoms with Gasteiger partial charge >= 0.3 is 5.97 Å². The van der Waals surface area contributed by atoms with E-state index in [0.717, 1.165) is 24.6 Å². The number of hydrogen-bond donors (Lipinski definition) is 1. The molecule has 0 radical (unpaired) electrons. The van der Waals surface area contributed by atoms with Gasteiger partial charge in [0.1, 0.15) is 5.01 Å². The summed E-state index contributed by atoms with van der Waals surface area (Å²) in [5.41, 5.74) is 0.173. The van der Waals surface area contributed by atoms with Crippen LogP contribution in [0.5, 0.6) is 0 Å². The highest BCUT2D eigenvalue weighted by atomic mass is 35.5. The van der Waals surface area contributed by atoms with Crippen LogP contribution in [0, 0.1) is 0 Å². The third-order valence-electron chi connectivity index (χ3n) is 2.58. The topological polar surface area (TPSA) is 53.4 Å². The lowest BCUT2D eigenvalue weighted by Crippen LogP contribution is -2.29. The van der Waals surface area contributed by atoms with Crippen molar-refractivity contribution in [1.29, 1.82) is 0 Å². The Morgan fingerprint density at radius 3 is 2.53 bits per heavy atom. The van der Waals surface area contributed by atoms with Crippen molar-refractivity contribution in [3.05, 3.63) is 16.1 Å². The van der Waals surface area contributed by atoms with E-state index in [1.54, 1.807) is 5.38 Å². The zero-order chi connectivity index (χ0) is 10.7. The number of halogens is 2. The fourth-order valence-electron chi connectivity index (χ4n) is 1.79. The number of thiazole rings is 1. The van der Waals surface area contributed by atoms with Crippen LogP contribution in [0.15, 0.2) is 5.38 Å². The average Bonchev–Trinajstić information content (AvgIpc) is 2.68. The first-order valence-electron chi connectivity index (χ1n) is 5.16. The summed E-state index contributed by atoms with van der Waals surface area (Å²) in [5.74, 6) is -0.934. The molecule has 0 amide bonds. The Kier molecular flexibility index (Phi) is 7.70. The highest BCUT2D eigenvalue weighted by Crippen LogP contribution is 2.16. The average molecular weight is 299 g/mol. The monoisotopic (exact) mass is 298 g/mol. The maximum atomic E-state index is 10.6. The molecule has 2 heterocycles. The number of aromatic carboxylic acids is 1. The lowest BCUT2D eigenvalue weighted by Gasteiger charge is -2.25. The van der Waals surface area contributed by atoms with Crippen LogP contribution in [0.3, 0.4) is 0 Å². The largest absolute Gasteiger partial charge is 0.476 e. The van der Waals surface area contributed by atoms with Crippen molar-refractivity contribution >= 4 is 42.1 Å². The molecular weight excluding hydrogens is 283 g/mol. The van der Waals surface area contributed by atoms with Crippen LogP contribution < -0.4 is 0 Å². The zero-order valence-corrected chi connectivity index (χ0v) is 11.7. The van der Waals surface area contributed by atoms with Crippen molar-refractivity contribution in [3.63, 3.8) is 0 Å². The van der Waals surface area contributed by atoms with Gasteiger partial charge in [0.2, 0.25) is 0 Å². The lowest BCUT2D eigenvalue weighted by molar-refractivity contribution is 0.0691. The lowest BCUT2D eigenvalue weighted by atomic mass is 10.1. The van der Waals surface area contributed by atoms with E-state index in [1.165, 1.54) is 30.6 Å². The molecule has 0 saturated carbocycles. The van der Waals surface area contributed by atoms with Crippen LogP contribution in [0.1, 0.15) is 34.8 Å². The molecule has 0 bridgehead atoms. The summed E-state index contributed by atoms with van der Waals surface area (Å²) in [6.45, 7) is 3.03. The van der Waals surface area contributed by atoms with E-state index in [4.69, 9.17) is 5.11 Å². The number of carboxylic acids is 1. The quantitative estimate of drug-likeness (QED) is 0.932. The molecule has 98 valence electrons. The number of carbonyl (C=O) groups is 1. The Labute approximate surface area is 117 Å². The fraction of sp³-hybridized carbons (Fsp3) is 0.600. The molecule has 1 saturated heterocycles. The van der Waals surface area contributed by atoms with E-state index in [-0.39, 0.29) is 30.5 Å². The molecule has 1 aromatic rings. The van der Waals surface area contributed by atoms with Crippen molar-refractivity contribution in [3.8, 4) is 0 Å². The molecule has 0 unspecified atom stereocenters. The Bertz CT molecular complexity index is 354. The second kappa shape index (κ2) is 7.87. The van der Waals surface area contributed by atoms with Crippen molar-refractivity contribution in [2.75, 3.05) is 13.1 Å². The summed E-state index contributed by atoms with van der Waals surface area (Å²) in [6, 6.07) is 0. The number of rotatable bonds is 3. The van der Waals surface area contributed by atoms with E-state index in [9.17, 15) is 4.79 Å². The third kappa shape index (κ3) is 4.79. The normalized spacial score (nSPS) is 15.8. The van der Waals surface area contributed by atoms with Gasteiger partial charge in [-0.25, -0.2) is 9.78 Å². The molecule has 17 heavy (non-hydrogen) atoms. The van der Waals surface area contributed by atoms with Crippen LogP contribution in [-0.4, -0.2) is 34.0 Å². The van der Waals surface area contributed by atoms with Crippen LogP contribution in [0.25, 0.3) is 0 Å². The number of hydrogen-bond acceptors (Lipinski definition) is 4. The van der Waals surface area contributed by atoms with Gasteiger partial charge in [-0.1, -0.05) is 6.42 Å². The molecule has 4 nitrogen and oxygen atoms in total. The van der Waals surface area contributed by atoms with Crippen molar-refractivity contribution in [2.45, 2.75) is 25.8 Å². The molecule has 1 N–H and O–H groups in total. The summed E-state index contributed by atoms with van der Waals surface area (Å²) in [5, 5.41) is 11.3. The number of aromatic nitrogens is 1. The molecule has 7 heteroatoms. The molecule has 0 aromatic carbocycles. The van der Waals surface area contributed by atoms with Gasteiger partial charge < -0.3 is 5.11 Å². The smallest absolute Gasteiger partial charge is 0.355 e. The van der Waals surface area contributed by atoms with Gasteiger partial charge in [-0.2, -0.15) is 0 Å². The number of likely N-dealkylation sites (tertiary alicyclic amines) is 1. The highest BCUT2D eigenvalue weighted by Gasteiger charge is 2.14. The number of piperidine rings is 1. The van der Waals surface area contributed by atoms with Crippen molar-refractivity contribution in [2.24, 2.45) is 0 Å². The SMILES string of the molecule is Cl.Cl.O=C(O)c1csc(CN2CCCCC2)n1. The van der Waals surface area contributed by atoms with Gasteiger partial charge in [0.05, 0.1) is 6.54 Å². The summed E-state index contributed by atoms with van der Waals surface area (Å²) >= 11 is 1.44. The van der Waals surface area contributed by atoms with Gasteiger partial charge in [-0.3, -0.25) is 4.90 Å². The third-order valence-corrected chi connectivity index (χ3v) is 3.41. The van der Waals surface area contributed by atoms with Gasteiger partial charge in [0.15, 0.2) is 5.69 Å². The van der Waals surface area contributed by atoms with E-state index in [2.05, 4.69) is 9.88 Å². The first kappa shape index (κ1) is 16.6. The molecule has 0 spiro atoms. The predicted octanol–water partition coefficient (Wildman–Crippen LogP) is 2.67. The summed E-state index contributed by atoms with van der Waals surface area (Å²) < 4.78 is 0. The van der Waals surface area contributed by atoms with E-state index < -0.39 is 5.97 Å². The van der Waals surface area contributed by atoms with E-state index in [1.807, 2.05) is 0 Å². The van der Waals surface area contributed by atoms with E-state index in [0.29, 0.717) is 0 Å². The molecule has 1 fully saturated rings. The Morgan fingerprint density at radius 2 is 2.00 bits per heavy atom. The fourth-order valence-corrected chi connectivity index (χ4v) is 2.60. The molecule has 1 aliphatic heterocycles. The summed E-state index contributed by atoms with van der Waals surface area (Å²) in [4.78, 5) is 17.1. The minimum absolute atomic E-state index is 0. The van der Waals surface area contributed by atoms with Crippen molar-refractivity contribution < 1.29 is 9.90 Å². The maximum absolute atomic E-state index is 10.6. The van der Waals surface area contributed by atoms with Crippen LogP contribution in [-0.2, 0) is 6.54 Å². The summed E-state index contributed by atoms with van der Waals surface area (Å²) in [6.07, 6.45) is 3.81. The molecule has 1 aromatic heterocycles. The molecule has 1 aliphatic rings. The minimum atomic E-state index is -0.934.